The first-order valence-corrected chi connectivity index (χ1v) is 4.36. The maximum absolute atomic E-state index is 12.0. The molecule has 1 heterocycles. The van der Waals surface area contributed by atoms with E-state index in [9.17, 15) is 4.39 Å². The second-order valence-electron chi connectivity index (χ2n) is 3.12. The van der Waals surface area contributed by atoms with E-state index in [1.807, 2.05) is 0 Å². The number of halogens is 1. The number of phenolic OH excluding ortho intramolecular Hbond substituents is 1. The van der Waals surface area contributed by atoms with Crippen molar-refractivity contribution >= 4 is 0 Å². The lowest BCUT2D eigenvalue weighted by Crippen LogP contribution is -2.39. The van der Waals surface area contributed by atoms with Crippen LogP contribution < -0.4 is 5.32 Å². The lowest BCUT2D eigenvalue weighted by atomic mass is 10.1. The van der Waals surface area contributed by atoms with Crippen molar-refractivity contribution in [2.75, 3.05) is 6.54 Å². The molecule has 13 heavy (non-hydrogen) atoms. The Labute approximate surface area is 77.4 Å². The van der Waals surface area contributed by atoms with Crippen LogP contribution in [0.5, 0.6) is 5.75 Å². The Bertz CT molecular complexity index is 223. The zero-order valence-electron chi connectivity index (χ0n) is 7.63. The van der Waals surface area contributed by atoms with E-state index in [0.29, 0.717) is 0 Å². The zero-order valence-corrected chi connectivity index (χ0v) is 7.63. The van der Waals surface area contributed by atoms with Gasteiger partial charge in [0.2, 0.25) is 0 Å². The summed E-state index contributed by atoms with van der Waals surface area (Å²) < 4.78 is 12.0. The van der Waals surface area contributed by atoms with Gasteiger partial charge in [0, 0.05) is 6.04 Å². The topological polar surface area (TPSA) is 32.3 Å². The molecule has 1 saturated heterocycles. The van der Waals surface area contributed by atoms with Gasteiger partial charge in [-0.1, -0.05) is 0 Å². The molecule has 1 aromatic rings. The van der Waals surface area contributed by atoms with Crippen molar-refractivity contribution < 1.29 is 9.50 Å². The fourth-order valence-corrected chi connectivity index (χ4v) is 0.874. The third-order valence-electron chi connectivity index (χ3n) is 1.90. The van der Waals surface area contributed by atoms with Crippen LogP contribution in [0.4, 0.5) is 4.39 Å². The van der Waals surface area contributed by atoms with Crippen molar-refractivity contribution in [1.82, 2.24) is 5.32 Å². The van der Waals surface area contributed by atoms with Crippen molar-refractivity contribution in [2.45, 2.75) is 19.4 Å². The van der Waals surface area contributed by atoms with Crippen molar-refractivity contribution in [2.24, 2.45) is 0 Å². The van der Waals surface area contributed by atoms with E-state index >= 15 is 0 Å². The van der Waals surface area contributed by atoms with Gasteiger partial charge in [0.1, 0.15) is 11.6 Å². The molecule has 2 N–H and O–H groups in total. The second kappa shape index (κ2) is 4.82. The molecule has 1 atom stereocenters. The van der Waals surface area contributed by atoms with Gasteiger partial charge in [0.05, 0.1) is 0 Å². The van der Waals surface area contributed by atoms with E-state index in [1.54, 1.807) is 0 Å². The quantitative estimate of drug-likeness (QED) is 0.644. The summed E-state index contributed by atoms with van der Waals surface area (Å²) in [6, 6.07) is 5.82. The summed E-state index contributed by atoms with van der Waals surface area (Å²) in [7, 11) is 0. The van der Waals surface area contributed by atoms with Gasteiger partial charge in [0.15, 0.2) is 0 Å². The van der Waals surface area contributed by atoms with Crippen LogP contribution in [-0.2, 0) is 0 Å². The summed E-state index contributed by atoms with van der Waals surface area (Å²) in [5.74, 6) is -0.241. The Balaban J connectivity index is 0.000000145. The Morgan fingerprint density at radius 2 is 1.85 bits per heavy atom. The largest absolute Gasteiger partial charge is 0.508 e. The lowest BCUT2D eigenvalue weighted by Gasteiger charge is -2.22. The normalized spacial score (nSPS) is 19.7. The number of rotatable bonds is 0. The maximum Gasteiger partial charge on any atom is 0.123 e. The fraction of sp³-hybridized carbons (Fsp3) is 0.400. The molecular formula is C10H14FNO. The molecule has 0 radical (unpaired) electrons. The molecule has 1 aliphatic rings. The molecule has 0 amide bonds. The second-order valence-corrected chi connectivity index (χ2v) is 3.12. The SMILES string of the molecule is C[C@@H]1CCN1.Oc1ccc(F)cc1. The summed E-state index contributed by atoms with van der Waals surface area (Å²) in [6.45, 7) is 3.44. The highest BCUT2D eigenvalue weighted by Crippen LogP contribution is 2.06. The first-order chi connectivity index (χ1) is 6.18. The number of aromatic hydroxyl groups is 1. The highest BCUT2D eigenvalue weighted by atomic mass is 19.1. The third-order valence-corrected chi connectivity index (χ3v) is 1.90. The number of hydrogen-bond acceptors (Lipinski definition) is 2. The van der Waals surface area contributed by atoms with Crippen LogP contribution in [0.25, 0.3) is 0 Å². The molecule has 1 fully saturated rings. The van der Waals surface area contributed by atoms with E-state index in [4.69, 9.17) is 5.11 Å². The number of benzene rings is 1. The molecule has 0 aliphatic carbocycles. The first kappa shape index (κ1) is 9.99. The molecule has 72 valence electrons. The number of nitrogens with one attached hydrogen (secondary N) is 1. The molecule has 1 aromatic carbocycles. The zero-order chi connectivity index (χ0) is 9.68. The summed E-state index contributed by atoms with van der Waals surface area (Å²) in [4.78, 5) is 0. The minimum Gasteiger partial charge on any atom is -0.508 e. The van der Waals surface area contributed by atoms with Gasteiger partial charge in [0.25, 0.3) is 0 Å². The molecule has 0 spiro atoms. The highest BCUT2D eigenvalue weighted by Gasteiger charge is 2.07. The molecule has 1 aliphatic heterocycles. The van der Waals surface area contributed by atoms with Gasteiger partial charge in [-0.2, -0.15) is 0 Å². The predicted molar refractivity (Wildman–Crippen MR) is 50.1 cm³/mol. The van der Waals surface area contributed by atoms with Crippen molar-refractivity contribution in [3.05, 3.63) is 30.1 Å². The molecule has 0 aromatic heterocycles. The minimum atomic E-state index is -0.331. The van der Waals surface area contributed by atoms with E-state index in [2.05, 4.69) is 12.2 Å². The Morgan fingerprint density at radius 1 is 1.38 bits per heavy atom. The van der Waals surface area contributed by atoms with Gasteiger partial charge in [-0.3, -0.25) is 0 Å². The van der Waals surface area contributed by atoms with Crippen molar-refractivity contribution in [3.63, 3.8) is 0 Å². The molecular weight excluding hydrogens is 169 g/mol. The predicted octanol–water partition coefficient (Wildman–Crippen LogP) is 1.90. The van der Waals surface area contributed by atoms with Crippen LogP contribution in [0, 0.1) is 5.82 Å². The summed E-state index contributed by atoms with van der Waals surface area (Å²) >= 11 is 0. The van der Waals surface area contributed by atoms with E-state index in [-0.39, 0.29) is 11.6 Å². The van der Waals surface area contributed by atoms with E-state index in [0.717, 1.165) is 6.04 Å². The molecule has 0 unspecified atom stereocenters. The minimum absolute atomic E-state index is 0.0893. The number of phenols is 1. The first-order valence-electron chi connectivity index (χ1n) is 4.36. The smallest absolute Gasteiger partial charge is 0.123 e. The lowest BCUT2D eigenvalue weighted by molar-refractivity contribution is 0.399. The standard InChI is InChI=1S/C6H5FO.C4H9N/c7-5-1-3-6(8)4-2-5;1-4-2-3-5-4/h1-4,8H;4-5H,2-3H2,1H3/t;4-/m.1/s1. The van der Waals surface area contributed by atoms with E-state index < -0.39 is 0 Å². The molecule has 0 saturated carbocycles. The van der Waals surface area contributed by atoms with Gasteiger partial charge in [-0.15, -0.1) is 0 Å². The van der Waals surface area contributed by atoms with Gasteiger partial charge < -0.3 is 10.4 Å². The van der Waals surface area contributed by atoms with Crippen LogP contribution >= 0.6 is 0 Å². The van der Waals surface area contributed by atoms with Crippen LogP contribution in [-0.4, -0.2) is 17.7 Å². The molecule has 2 rings (SSSR count). The Kier molecular flexibility index (Phi) is 3.71. The van der Waals surface area contributed by atoms with Crippen molar-refractivity contribution in [1.29, 1.82) is 0 Å². The third kappa shape index (κ3) is 3.90. The fourth-order valence-electron chi connectivity index (χ4n) is 0.874. The Hall–Kier alpha value is -1.09. The molecule has 2 nitrogen and oxygen atoms in total. The average molecular weight is 183 g/mol. The van der Waals surface area contributed by atoms with Gasteiger partial charge in [-0.05, 0) is 44.2 Å². The van der Waals surface area contributed by atoms with Gasteiger partial charge in [-0.25, -0.2) is 4.39 Å². The monoisotopic (exact) mass is 183 g/mol. The summed E-state index contributed by atoms with van der Waals surface area (Å²) in [5, 5.41) is 11.8. The van der Waals surface area contributed by atoms with E-state index in [1.165, 1.54) is 37.2 Å². The highest BCUT2D eigenvalue weighted by molar-refractivity contribution is 5.19. The maximum atomic E-state index is 12.0. The van der Waals surface area contributed by atoms with Gasteiger partial charge >= 0.3 is 0 Å². The number of hydrogen-bond donors (Lipinski definition) is 2. The van der Waals surface area contributed by atoms with Crippen molar-refractivity contribution in [3.8, 4) is 5.75 Å². The van der Waals surface area contributed by atoms with Crippen LogP contribution in [0.1, 0.15) is 13.3 Å². The van der Waals surface area contributed by atoms with Crippen LogP contribution in [0.15, 0.2) is 24.3 Å². The van der Waals surface area contributed by atoms with Crippen LogP contribution in [0.3, 0.4) is 0 Å². The van der Waals surface area contributed by atoms with Crippen LogP contribution in [0.2, 0.25) is 0 Å². The summed E-state index contributed by atoms with van der Waals surface area (Å²) in [5.41, 5.74) is 0. The molecule has 0 bridgehead atoms. The Morgan fingerprint density at radius 3 is 2.08 bits per heavy atom. The average Bonchev–Trinajstić information content (AvgIpc) is 2.08. The summed E-state index contributed by atoms with van der Waals surface area (Å²) in [6.07, 6.45) is 1.38. The molecule has 3 heteroatoms.